The van der Waals surface area contributed by atoms with Crippen molar-refractivity contribution in [3.63, 3.8) is 0 Å². The topological polar surface area (TPSA) is 39.7 Å². The normalized spacial score (nSPS) is 21.3. The molecule has 1 aliphatic rings. The highest BCUT2D eigenvalue weighted by molar-refractivity contribution is 14.0. The van der Waals surface area contributed by atoms with Gasteiger partial charge in [0.2, 0.25) is 0 Å². The molecule has 1 aromatic carbocycles. The molecule has 0 spiro atoms. The molecule has 0 saturated heterocycles. The van der Waals surface area contributed by atoms with E-state index in [1.807, 2.05) is 7.05 Å². The van der Waals surface area contributed by atoms with Gasteiger partial charge in [-0.3, -0.25) is 4.99 Å². The van der Waals surface area contributed by atoms with Gasteiger partial charge in [0.1, 0.15) is 0 Å². The van der Waals surface area contributed by atoms with E-state index in [-0.39, 0.29) is 24.0 Å². The van der Waals surface area contributed by atoms with Crippen molar-refractivity contribution >= 4 is 29.9 Å². The molecule has 0 aromatic heterocycles. The van der Waals surface area contributed by atoms with E-state index in [2.05, 4.69) is 65.8 Å². The molecule has 1 saturated carbocycles. The lowest BCUT2D eigenvalue weighted by Gasteiger charge is -2.28. The van der Waals surface area contributed by atoms with Gasteiger partial charge >= 0.3 is 0 Å². The van der Waals surface area contributed by atoms with Crippen molar-refractivity contribution in [1.29, 1.82) is 0 Å². The van der Waals surface area contributed by atoms with Crippen molar-refractivity contribution < 1.29 is 0 Å². The number of nitrogens with zero attached hydrogens (tertiary/aromatic N) is 2. The molecular formula is C19H33IN4. The third kappa shape index (κ3) is 6.97. The Morgan fingerprint density at radius 2 is 1.75 bits per heavy atom. The molecule has 4 nitrogen and oxygen atoms in total. The van der Waals surface area contributed by atoms with E-state index in [0.717, 1.165) is 25.0 Å². The summed E-state index contributed by atoms with van der Waals surface area (Å²) in [6.07, 6.45) is 5.14. The number of guanidine groups is 1. The van der Waals surface area contributed by atoms with Crippen LogP contribution in [0.5, 0.6) is 0 Å². The van der Waals surface area contributed by atoms with E-state index in [0.29, 0.717) is 6.04 Å². The number of hydrogen-bond donors (Lipinski definition) is 2. The van der Waals surface area contributed by atoms with Crippen molar-refractivity contribution in [3.8, 4) is 0 Å². The van der Waals surface area contributed by atoms with Crippen molar-refractivity contribution in [2.24, 2.45) is 10.9 Å². The Bertz CT molecular complexity index is 508. The minimum atomic E-state index is 0. The fraction of sp³-hybridized carbons (Fsp3) is 0.632. The molecule has 1 fully saturated rings. The molecule has 2 N–H and O–H groups in total. The maximum absolute atomic E-state index is 4.39. The predicted molar refractivity (Wildman–Crippen MR) is 114 cm³/mol. The van der Waals surface area contributed by atoms with Crippen LogP contribution in [0.25, 0.3) is 0 Å². The second kappa shape index (κ2) is 10.9. The van der Waals surface area contributed by atoms with E-state index in [1.165, 1.54) is 36.8 Å². The lowest BCUT2D eigenvalue weighted by molar-refractivity contribution is 0.329. The summed E-state index contributed by atoms with van der Waals surface area (Å²) in [5, 5.41) is 7.06. The number of halogens is 1. The lowest BCUT2D eigenvalue weighted by Crippen LogP contribution is -2.44. The molecule has 0 radical (unpaired) electrons. The smallest absolute Gasteiger partial charge is 0.191 e. The minimum Gasteiger partial charge on any atom is -0.354 e. The molecule has 1 aliphatic carbocycles. The van der Waals surface area contributed by atoms with E-state index in [4.69, 9.17) is 0 Å². The van der Waals surface area contributed by atoms with E-state index >= 15 is 0 Å². The highest BCUT2D eigenvalue weighted by Crippen LogP contribution is 2.23. The summed E-state index contributed by atoms with van der Waals surface area (Å²) in [5.41, 5.74) is 2.70. The summed E-state index contributed by atoms with van der Waals surface area (Å²) in [6, 6.07) is 9.18. The van der Waals surface area contributed by atoms with Gasteiger partial charge < -0.3 is 15.5 Å². The fourth-order valence-corrected chi connectivity index (χ4v) is 3.20. The Balaban J connectivity index is 0.00000288. The van der Waals surface area contributed by atoms with E-state index in [9.17, 15) is 0 Å². The van der Waals surface area contributed by atoms with Gasteiger partial charge in [-0.1, -0.05) is 31.2 Å². The number of aliphatic imine (C=N–C) groups is 1. The zero-order valence-corrected chi connectivity index (χ0v) is 17.8. The first-order valence-corrected chi connectivity index (χ1v) is 8.77. The first kappa shape index (κ1) is 21.2. The van der Waals surface area contributed by atoms with Crippen molar-refractivity contribution in [1.82, 2.24) is 15.5 Å². The highest BCUT2D eigenvalue weighted by atomic mass is 127. The molecule has 0 unspecified atom stereocenters. The number of nitrogens with one attached hydrogen (secondary N) is 2. The Hall–Kier alpha value is -0.820. The second-order valence-corrected chi connectivity index (χ2v) is 7.03. The van der Waals surface area contributed by atoms with Crippen LogP contribution in [0, 0.1) is 5.92 Å². The Labute approximate surface area is 164 Å². The monoisotopic (exact) mass is 444 g/mol. The SMILES string of the molecule is CN=C(NCc1ccccc1CN(C)C)NC1CCC(C)CC1.I. The summed E-state index contributed by atoms with van der Waals surface area (Å²) < 4.78 is 0. The summed E-state index contributed by atoms with van der Waals surface area (Å²) in [4.78, 5) is 6.59. The van der Waals surface area contributed by atoms with E-state index < -0.39 is 0 Å². The highest BCUT2D eigenvalue weighted by Gasteiger charge is 2.18. The van der Waals surface area contributed by atoms with Gasteiger partial charge in [-0.2, -0.15) is 0 Å². The average Bonchev–Trinajstić information content (AvgIpc) is 2.54. The van der Waals surface area contributed by atoms with Crippen LogP contribution in [0.4, 0.5) is 0 Å². The van der Waals surface area contributed by atoms with Crippen LogP contribution in [0.3, 0.4) is 0 Å². The quantitative estimate of drug-likeness (QED) is 0.414. The maximum Gasteiger partial charge on any atom is 0.191 e. The van der Waals surface area contributed by atoms with Gasteiger partial charge in [-0.15, -0.1) is 24.0 Å². The van der Waals surface area contributed by atoms with Crippen molar-refractivity contribution in [3.05, 3.63) is 35.4 Å². The van der Waals surface area contributed by atoms with Crippen LogP contribution in [-0.4, -0.2) is 38.0 Å². The number of rotatable bonds is 5. The molecular weight excluding hydrogens is 411 g/mol. The Morgan fingerprint density at radius 3 is 2.33 bits per heavy atom. The van der Waals surface area contributed by atoms with Gasteiger partial charge in [-0.05, 0) is 56.8 Å². The first-order chi connectivity index (χ1) is 11.1. The van der Waals surface area contributed by atoms with Gasteiger partial charge in [0.05, 0.1) is 0 Å². The fourth-order valence-electron chi connectivity index (χ4n) is 3.20. The summed E-state index contributed by atoms with van der Waals surface area (Å²) in [5.74, 6) is 1.80. The van der Waals surface area contributed by atoms with Gasteiger partial charge in [-0.25, -0.2) is 0 Å². The van der Waals surface area contributed by atoms with Gasteiger partial charge in [0.25, 0.3) is 0 Å². The average molecular weight is 444 g/mol. The van der Waals surface area contributed by atoms with Crippen molar-refractivity contribution in [2.75, 3.05) is 21.1 Å². The summed E-state index contributed by atoms with van der Waals surface area (Å²) in [7, 11) is 6.07. The molecule has 1 aromatic rings. The van der Waals surface area contributed by atoms with E-state index in [1.54, 1.807) is 0 Å². The van der Waals surface area contributed by atoms with Gasteiger partial charge in [0.15, 0.2) is 5.96 Å². The summed E-state index contributed by atoms with van der Waals surface area (Å²) >= 11 is 0. The zero-order chi connectivity index (χ0) is 16.7. The third-order valence-electron chi connectivity index (χ3n) is 4.63. The summed E-state index contributed by atoms with van der Waals surface area (Å²) in [6.45, 7) is 4.13. The third-order valence-corrected chi connectivity index (χ3v) is 4.63. The molecule has 5 heteroatoms. The molecule has 0 aliphatic heterocycles. The molecule has 24 heavy (non-hydrogen) atoms. The number of hydrogen-bond acceptors (Lipinski definition) is 2. The van der Waals surface area contributed by atoms with Gasteiger partial charge in [0, 0.05) is 26.2 Å². The van der Waals surface area contributed by atoms with Crippen LogP contribution in [0.15, 0.2) is 29.3 Å². The largest absolute Gasteiger partial charge is 0.354 e. The standard InChI is InChI=1S/C19H32N4.HI/c1-15-9-11-18(12-10-15)22-19(20-2)21-13-16-7-5-6-8-17(16)14-23(3)4;/h5-8,15,18H,9-14H2,1-4H3,(H2,20,21,22);1H. The van der Waals surface area contributed by atoms with Crippen LogP contribution < -0.4 is 10.6 Å². The van der Waals surface area contributed by atoms with Crippen LogP contribution in [0.2, 0.25) is 0 Å². The Kier molecular flexibility index (Phi) is 9.66. The predicted octanol–water partition coefficient (Wildman–Crippen LogP) is 3.61. The minimum absolute atomic E-state index is 0. The molecule has 0 amide bonds. The molecule has 136 valence electrons. The van der Waals surface area contributed by atoms with Crippen molar-refractivity contribution in [2.45, 2.75) is 51.7 Å². The second-order valence-electron chi connectivity index (χ2n) is 7.03. The van der Waals surface area contributed by atoms with Crippen LogP contribution in [-0.2, 0) is 13.1 Å². The lowest BCUT2D eigenvalue weighted by atomic mass is 9.87. The Morgan fingerprint density at radius 1 is 1.12 bits per heavy atom. The molecule has 0 bridgehead atoms. The number of benzene rings is 1. The molecule has 0 heterocycles. The van der Waals surface area contributed by atoms with Crippen LogP contribution in [0.1, 0.15) is 43.7 Å². The molecule has 2 rings (SSSR count). The zero-order valence-electron chi connectivity index (χ0n) is 15.5. The van der Waals surface area contributed by atoms with Crippen LogP contribution >= 0.6 is 24.0 Å². The molecule has 0 atom stereocenters. The maximum atomic E-state index is 4.39. The first-order valence-electron chi connectivity index (χ1n) is 8.77.